The molecule has 0 atom stereocenters. The second-order valence-electron chi connectivity index (χ2n) is 4.29. The van der Waals surface area contributed by atoms with Gasteiger partial charge in [-0.3, -0.25) is 0 Å². The summed E-state index contributed by atoms with van der Waals surface area (Å²) in [6.45, 7) is 4.36. The summed E-state index contributed by atoms with van der Waals surface area (Å²) in [6.07, 6.45) is 1.14. The van der Waals surface area contributed by atoms with Crippen LogP contribution in [0.5, 0.6) is 5.75 Å². The molecule has 0 aliphatic rings. The van der Waals surface area contributed by atoms with E-state index in [1.165, 1.54) is 16.3 Å². The normalized spacial score (nSPS) is 11.7. The molecule has 0 unspecified atom stereocenters. The van der Waals surface area contributed by atoms with E-state index in [1.807, 2.05) is 24.3 Å². The third-order valence-corrected chi connectivity index (χ3v) is 3.03. The quantitative estimate of drug-likeness (QED) is 0.606. The van der Waals surface area contributed by atoms with Crippen LogP contribution in [0.1, 0.15) is 25.8 Å². The van der Waals surface area contributed by atoms with Gasteiger partial charge in [0.15, 0.2) is 0 Å². The molecule has 1 N–H and O–H groups in total. The number of aliphatic hydroxyl groups is 1. The van der Waals surface area contributed by atoms with Gasteiger partial charge >= 0.3 is 0 Å². The molecule has 0 aliphatic carbocycles. The molecule has 2 nitrogen and oxygen atoms in total. The lowest BCUT2D eigenvalue weighted by atomic mass is 9.99. The van der Waals surface area contributed by atoms with Gasteiger partial charge in [0.25, 0.3) is 0 Å². The second-order valence-corrected chi connectivity index (χ2v) is 5.29. The first kappa shape index (κ1) is 12.3. The van der Waals surface area contributed by atoms with E-state index >= 15 is 0 Å². The number of hydrogen-bond acceptors (Lipinski definition) is 2. The van der Waals surface area contributed by atoms with Crippen molar-refractivity contribution in [2.24, 2.45) is 0 Å². The fraction of sp³-hybridized carbons (Fsp3) is 0.500. The average molecular weight is 224 g/mol. The first-order valence-corrected chi connectivity index (χ1v) is 6.91. The van der Waals surface area contributed by atoms with Gasteiger partial charge in [0.1, 0.15) is 5.75 Å². The predicted molar refractivity (Wildman–Crippen MR) is 66.5 cm³/mol. The Morgan fingerprint density at radius 1 is 1.27 bits per heavy atom. The highest BCUT2D eigenvalue weighted by Crippen LogP contribution is 2.22. The van der Waals surface area contributed by atoms with Crippen LogP contribution < -0.4 is 4.74 Å². The van der Waals surface area contributed by atoms with Crippen LogP contribution >= 0.6 is 0 Å². The maximum atomic E-state index is 9.76. The third kappa shape index (κ3) is 4.06. The van der Waals surface area contributed by atoms with Gasteiger partial charge in [0.05, 0.1) is 12.2 Å². The zero-order valence-electron chi connectivity index (χ0n) is 9.79. The van der Waals surface area contributed by atoms with Gasteiger partial charge in [-0.1, -0.05) is 18.2 Å². The van der Waals surface area contributed by atoms with Gasteiger partial charge in [-0.2, -0.15) is 0 Å². The third-order valence-electron chi connectivity index (χ3n) is 2.33. The van der Waals surface area contributed by atoms with Crippen LogP contribution in [-0.4, -0.2) is 22.0 Å². The smallest absolute Gasteiger partial charge is 0.119 e. The first-order valence-electron chi connectivity index (χ1n) is 5.49. The van der Waals surface area contributed by atoms with Crippen molar-refractivity contribution in [2.75, 3.05) is 6.61 Å². The summed E-state index contributed by atoms with van der Waals surface area (Å²) < 4.78 is 5.55. The summed E-state index contributed by atoms with van der Waals surface area (Å²) in [5, 5.41) is 9.76. The van der Waals surface area contributed by atoms with Gasteiger partial charge in [-0.25, -0.2) is 0 Å². The molecule has 1 rings (SSSR count). The molecule has 3 heteroatoms. The van der Waals surface area contributed by atoms with Gasteiger partial charge in [-0.05, 0) is 38.0 Å². The topological polar surface area (TPSA) is 29.5 Å². The molecule has 1 aromatic rings. The van der Waals surface area contributed by atoms with Gasteiger partial charge in [0.2, 0.25) is 0 Å². The molecule has 84 valence electrons. The van der Waals surface area contributed by atoms with E-state index in [1.54, 1.807) is 13.8 Å². The van der Waals surface area contributed by atoms with E-state index in [0.717, 1.165) is 24.3 Å². The van der Waals surface area contributed by atoms with Crippen molar-refractivity contribution in [1.82, 2.24) is 0 Å². The minimum absolute atomic E-state index is 0.770. The lowest BCUT2D eigenvalue weighted by molar-refractivity contribution is 0.0785. The Morgan fingerprint density at radius 2 is 1.87 bits per heavy atom. The van der Waals surface area contributed by atoms with Crippen molar-refractivity contribution in [1.29, 1.82) is 0 Å². The monoisotopic (exact) mass is 224 g/mol. The van der Waals surface area contributed by atoms with E-state index in [0.29, 0.717) is 0 Å². The highest BCUT2D eigenvalue weighted by molar-refractivity contribution is 6.08. The summed E-state index contributed by atoms with van der Waals surface area (Å²) in [4.78, 5) is 0. The Labute approximate surface area is 94.7 Å². The Kier molecular flexibility index (Phi) is 4.36. The van der Waals surface area contributed by atoms with E-state index in [4.69, 9.17) is 4.74 Å². The summed E-state index contributed by atoms with van der Waals surface area (Å²) in [5.41, 5.74) is 0.144. The highest BCUT2D eigenvalue weighted by atomic mass is 28.1. The molecule has 1 aromatic carbocycles. The van der Waals surface area contributed by atoms with Crippen molar-refractivity contribution in [2.45, 2.75) is 31.9 Å². The van der Waals surface area contributed by atoms with Crippen molar-refractivity contribution in [3.8, 4) is 5.75 Å². The molecule has 0 heterocycles. The maximum absolute atomic E-state index is 9.76. The zero-order valence-corrected chi connectivity index (χ0v) is 11.8. The van der Waals surface area contributed by atoms with E-state index in [2.05, 4.69) is 0 Å². The van der Waals surface area contributed by atoms with Crippen molar-refractivity contribution < 1.29 is 9.84 Å². The number of rotatable bonds is 5. The lowest BCUT2D eigenvalue weighted by Crippen LogP contribution is -2.15. The molecule has 0 bridgehead atoms. The molecule has 15 heavy (non-hydrogen) atoms. The fourth-order valence-electron chi connectivity index (χ4n) is 1.29. The maximum Gasteiger partial charge on any atom is 0.119 e. The molecule has 0 saturated heterocycles. The van der Waals surface area contributed by atoms with Crippen LogP contribution in [-0.2, 0) is 5.60 Å². The summed E-state index contributed by atoms with van der Waals surface area (Å²) >= 11 is 0. The van der Waals surface area contributed by atoms with Crippen LogP contribution in [0, 0.1) is 0 Å². The van der Waals surface area contributed by atoms with E-state index < -0.39 is 5.60 Å². The van der Waals surface area contributed by atoms with Crippen LogP contribution in [0.3, 0.4) is 0 Å². The zero-order chi connectivity index (χ0) is 11.3. The number of ether oxygens (including phenoxy) is 1. The number of benzene rings is 1. The Morgan fingerprint density at radius 3 is 2.33 bits per heavy atom. The Balaban J connectivity index is 2.57. The van der Waals surface area contributed by atoms with Gasteiger partial charge in [-0.15, -0.1) is 0 Å². The van der Waals surface area contributed by atoms with Crippen LogP contribution in [0.2, 0.25) is 6.04 Å². The van der Waals surface area contributed by atoms with Crippen LogP contribution in [0.15, 0.2) is 24.3 Å². The molecular formula is C12H20O2Si. The van der Waals surface area contributed by atoms with E-state index in [9.17, 15) is 5.11 Å². The number of hydrogen-bond donors (Lipinski definition) is 1. The first-order chi connectivity index (χ1) is 7.04. The standard InChI is InChI=1S/C12H20O2Si/c1-12(2,13)10-4-6-11(7-5-10)14-8-3-9-15/h4-7,13H,3,8-9H2,1-2,15H3. The minimum atomic E-state index is -0.770. The molecular weight excluding hydrogens is 204 g/mol. The molecule has 0 saturated carbocycles. The van der Waals surface area contributed by atoms with Crippen molar-refractivity contribution >= 4 is 10.2 Å². The average Bonchev–Trinajstić information content (AvgIpc) is 2.18. The summed E-state index contributed by atoms with van der Waals surface area (Å²) in [6, 6.07) is 8.94. The minimum Gasteiger partial charge on any atom is -0.494 e. The van der Waals surface area contributed by atoms with Crippen LogP contribution in [0.4, 0.5) is 0 Å². The van der Waals surface area contributed by atoms with Crippen LogP contribution in [0.25, 0.3) is 0 Å². The molecule has 0 amide bonds. The van der Waals surface area contributed by atoms with Crippen molar-refractivity contribution in [3.05, 3.63) is 29.8 Å². The van der Waals surface area contributed by atoms with Gasteiger partial charge in [0, 0.05) is 10.2 Å². The second kappa shape index (κ2) is 5.33. The Hall–Kier alpha value is -0.803. The molecule has 0 fully saturated rings. The molecule has 0 aliphatic heterocycles. The Bertz CT molecular complexity index is 287. The van der Waals surface area contributed by atoms with Gasteiger partial charge < -0.3 is 9.84 Å². The predicted octanol–water partition coefficient (Wildman–Crippen LogP) is 1.47. The highest BCUT2D eigenvalue weighted by Gasteiger charge is 2.14. The largest absolute Gasteiger partial charge is 0.494 e. The fourth-order valence-corrected chi connectivity index (χ4v) is 1.58. The summed E-state index contributed by atoms with van der Waals surface area (Å²) in [5.74, 6) is 0.887. The molecule has 0 spiro atoms. The van der Waals surface area contributed by atoms with Crippen molar-refractivity contribution in [3.63, 3.8) is 0 Å². The SMILES string of the molecule is CC(C)(O)c1ccc(OCCC[SiH3])cc1. The molecule has 0 aromatic heterocycles. The van der Waals surface area contributed by atoms with E-state index in [-0.39, 0.29) is 0 Å². The summed E-state index contributed by atoms with van der Waals surface area (Å²) in [7, 11) is 1.24. The lowest BCUT2D eigenvalue weighted by Gasteiger charge is -2.17. The molecule has 0 radical (unpaired) electrons.